The van der Waals surface area contributed by atoms with Crippen LogP contribution >= 0.6 is 23.1 Å². The molecule has 8 heteroatoms. The molecule has 2 rings (SSSR count). The van der Waals surface area contributed by atoms with Crippen LogP contribution in [-0.2, 0) is 0 Å². The lowest BCUT2D eigenvalue weighted by molar-refractivity contribution is 0.318. The van der Waals surface area contributed by atoms with E-state index in [2.05, 4.69) is 20.3 Å². The molecule has 0 aliphatic carbocycles. The summed E-state index contributed by atoms with van der Waals surface area (Å²) in [5.74, 6) is -0.0207. The summed E-state index contributed by atoms with van der Waals surface area (Å²) in [4.78, 5) is 4.82. The van der Waals surface area contributed by atoms with E-state index in [1.165, 1.54) is 23.1 Å². The molecule has 0 atom stereocenters. The molecule has 0 saturated carbocycles. The summed E-state index contributed by atoms with van der Waals surface area (Å²) in [5, 5.41) is 19.2. The van der Waals surface area contributed by atoms with Crippen molar-refractivity contribution in [3.63, 3.8) is 0 Å². The monoisotopic (exact) mass is 253 g/mol. The SMILES string of the molecule is N/C(=N/O)c1ncccc1Sc1nncs1. The molecule has 0 fully saturated rings. The number of hydrogen-bond donors (Lipinski definition) is 2. The van der Waals surface area contributed by atoms with Crippen molar-refractivity contribution in [2.45, 2.75) is 9.24 Å². The van der Waals surface area contributed by atoms with Crippen molar-refractivity contribution < 1.29 is 5.21 Å². The second-order valence-corrected chi connectivity index (χ2v) is 4.76. The zero-order valence-corrected chi connectivity index (χ0v) is 9.57. The van der Waals surface area contributed by atoms with Crippen LogP contribution in [0.15, 0.2) is 38.2 Å². The van der Waals surface area contributed by atoms with Crippen LogP contribution in [-0.4, -0.2) is 26.2 Å². The highest BCUT2D eigenvalue weighted by atomic mass is 32.2. The zero-order chi connectivity index (χ0) is 11.4. The number of rotatable bonds is 3. The lowest BCUT2D eigenvalue weighted by Crippen LogP contribution is -2.15. The largest absolute Gasteiger partial charge is 0.409 e. The highest BCUT2D eigenvalue weighted by molar-refractivity contribution is 8.01. The van der Waals surface area contributed by atoms with Crippen LogP contribution in [0.2, 0.25) is 0 Å². The minimum absolute atomic E-state index is 0.0207. The topological polar surface area (TPSA) is 97.3 Å². The first kappa shape index (κ1) is 10.8. The van der Waals surface area contributed by atoms with E-state index in [4.69, 9.17) is 10.9 Å². The van der Waals surface area contributed by atoms with Gasteiger partial charge in [-0.3, -0.25) is 4.98 Å². The molecule has 3 N–H and O–H groups in total. The van der Waals surface area contributed by atoms with Crippen molar-refractivity contribution in [1.82, 2.24) is 15.2 Å². The Morgan fingerprint density at radius 3 is 3.12 bits per heavy atom. The lowest BCUT2D eigenvalue weighted by atomic mass is 10.3. The predicted molar refractivity (Wildman–Crippen MR) is 60.8 cm³/mol. The smallest absolute Gasteiger partial charge is 0.189 e. The fraction of sp³-hybridized carbons (Fsp3) is 0. The molecule has 0 amide bonds. The van der Waals surface area contributed by atoms with E-state index in [0.717, 1.165) is 9.24 Å². The first-order valence-electron chi connectivity index (χ1n) is 4.18. The number of nitrogens with zero attached hydrogens (tertiary/aromatic N) is 4. The van der Waals surface area contributed by atoms with Gasteiger partial charge in [-0.1, -0.05) is 28.3 Å². The summed E-state index contributed by atoms with van der Waals surface area (Å²) >= 11 is 2.79. The maximum absolute atomic E-state index is 8.63. The van der Waals surface area contributed by atoms with Gasteiger partial charge in [-0.2, -0.15) is 0 Å². The van der Waals surface area contributed by atoms with Gasteiger partial charge in [0, 0.05) is 11.1 Å². The summed E-state index contributed by atoms with van der Waals surface area (Å²) in [6.45, 7) is 0. The van der Waals surface area contributed by atoms with Crippen LogP contribution in [0.3, 0.4) is 0 Å². The van der Waals surface area contributed by atoms with Crippen molar-refractivity contribution in [1.29, 1.82) is 0 Å². The van der Waals surface area contributed by atoms with E-state index >= 15 is 0 Å². The molecule has 0 radical (unpaired) electrons. The van der Waals surface area contributed by atoms with Crippen molar-refractivity contribution in [3.05, 3.63) is 29.5 Å². The van der Waals surface area contributed by atoms with Crippen LogP contribution in [0.5, 0.6) is 0 Å². The number of oxime groups is 1. The normalized spacial score (nSPS) is 11.6. The third kappa shape index (κ3) is 2.28. The Balaban J connectivity index is 2.34. The molecule has 16 heavy (non-hydrogen) atoms. The number of hydrogen-bond acceptors (Lipinski definition) is 7. The maximum atomic E-state index is 8.63. The Morgan fingerprint density at radius 1 is 1.56 bits per heavy atom. The second kappa shape index (κ2) is 4.90. The third-order valence-electron chi connectivity index (χ3n) is 1.66. The molecule has 0 spiro atoms. The Hall–Kier alpha value is -1.67. The Bertz CT molecular complexity index is 499. The van der Waals surface area contributed by atoms with Gasteiger partial charge in [-0.15, -0.1) is 10.2 Å². The summed E-state index contributed by atoms with van der Waals surface area (Å²) in [6, 6.07) is 3.60. The maximum Gasteiger partial charge on any atom is 0.189 e. The number of aromatic nitrogens is 3. The molecule has 0 aromatic carbocycles. The molecule has 6 nitrogen and oxygen atoms in total. The van der Waals surface area contributed by atoms with Gasteiger partial charge in [0.15, 0.2) is 10.2 Å². The fourth-order valence-electron chi connectivity index (χ4n) is 1.01. The minimum Gasteiger partial charge on any atom is -0.409 e. The van der Waals surface area contributed by atoms with Crippen molar-refractivity contribution >= 4 is 28.9 Å². The first-order chi connectivity index (χ1) is 7.81. The quantitative estimate of drug-likeness (QED) is 0.369. The van der Waals surface area contributed by atoms with Gasteiger partial charge in [0.05, 0.1) is 0 Å². The molecular formula is C8H7N5OS2. The van der Waals surface area contributed by atoms with E-state index in [-0.39, 0.29) is 5.84 Å². The van der Waals surface area contributed by atoms with Gasteiger partial charge in [-0.25, -0.2) is 0 Å². The van der Waals surface area contributed by atoms with E-state index in [1.807, 2.05) is 6.07 Å². The Kier molecular flexibility index (Phi) is 3.32. The van der Waals surface area contributed by atoms with Crippen LogP contribution in [0.1, 0.15) is 5.69 Å². The van der Waals surface area contributed by atoms with Gasteiger partial charge in [0.1, 0.15) is 11.2 Å². The van der Waals surface area contributed by atoms with Crippen LogP contribution in [0, 0.1) is 0 Å². The van der Waals surface area contributed by atoms with Crippen LogP contribution < -0.4 is 5.73 Å². The summed E-state index contributed by atoms with van der Waals surface area (Å²) in [5.41, 5.74) is 7.59. The molecular weight excluding hydrogens is 246 g/mol. The molecule has 0 aliphatic heterocycles. The standard InChI is InChI=1S/C8H7N5OS2/c9-7(13-14)6-5(2-1-3-10-6)16-8-12-11-4-15-8/h1-4,14H,(H2,9,13). The molecule has 0 bridgehead atoms. The fourth-order valence-corrected chi connectivity index (χ4v) is 2.56. The number of nitrogens with two attached hydrogens (primary N) is 1. The van der Waals surface area contributed by atoms with Crippen LogP contribution in [0.4, 0.5) is 0 Å². The molecule has 0 unspecified atom stereocenters. The second-order valence-electron chi connectivity index (χ2n) is 2.64. The van der Waals surface area contributed by atoms with Gasteiger partial charge >= 0.3 is 0 Å². The minimum atomic E-state index is -0.0207. The van der Waals surface area contributed by atoms with Crippen molar-refractivity contribution in [2.75, 3.05) is 0 Å². The lowest BCUT2D eigenvalue weighted by Gasteiger charge is -2.03. The van der Waals surface area contributed by atoms with E-state index in [9.17, 15) is 0 Å². The summed E-state index contributed by atoms with van der Waals surface area (Å²) < 4.78 is 0.778. The van der Waals surface area contributed by atoms with E-state index in [0.29, 0.717) is 5.69 Å². The predicted octanol–water partition coefficient (Wildman–Crippen LogP) is 1.18. The third-order valence-corrected chi connectivity index (χ3v) is 3.49. The number of pyridine rings is 1. The summed E-state index contributed by atoms with van der Waals surface area (Å²) in [6.07, 6.45) is 1.58. The molecule has 82 valence electrons. The van der Waals surface area contributed by atoms with Crippen molar-refractivity contribution in [3.8, 4) is 0 Å². The average molecular weight is 253 g/mol. The Morgan fingerprint density at radius 2 is 2.44 bits per heavy atom. The molecule has 2 aromatic rings. The molecule has 0 saturated heterocycles. The van der Waals surface area contributed by atoms with Crippen molar-refractivity contribution in [2.24, 2.45) is 10.9 Å². The zero-order valence-electron chi connectivity index (χ0n) is 7.94. The molecule has 0 aliphatic rings. The molecule has 2 aromatic heterocycles. The highest BCUT2D eigenvalue weighted by Gasteiger charge is 2.10. The summed E-state index contributed by atoms with van der Waals surface area (Å²) in [7, 11) is 0. The molecule has 2 heterocycles. The van der Waals surface area contributed by atoms with E-state index < -0.39 is 0 Å². The van der Waals surface area contributed by atoms with Gasteiger partial charge < -0.3 is 10.9 Å². The number of amidine groups is 1. The first-order valence-corrected chi connectivity index (χ1v) is 5.88. The van der Waals surface area contributed by atoms with Gasteiger partial charge in [-0.05, 0) is 12.1 Å². The average Bonchev–Trinajstić information content (AvgIpc) is 2.82. The van der Waals surface area contributed by atoms with Gasteiger partial charge in [0.25, 0.3) is 0 Å². The highest BCUT2D eigenvalue weighted by Crippen LogP contribution is 2.29. The van der Waals surface area contributed by atoms with Gasteiger partial charge in [0.2, 0.25) is 0 Å². The Labute approximate surface area is 99.2 Å². The van der Waals surface area contributed by atoms with E-state index in [1.54, 1.807) is 17.8 Å². The van der Waals surface area contributed by atoms with Crippen LogP contribution in [0.25, 0.3) is 0 Å².